The van der Waals surface area contributed by atoms with E-state index in [0.717, 1.165) is 28.8 Å². The van der Waals surface area contributed by atoms with Gasteiger partial charge in [-0.2, -0.15) is 0 Å². The monoisotopic (exact) mass is 358 g/mol. The van der Waals surface area contributed by atoms with Crippen LogP contribution in [0.15, 0.2) is 30.3 Å². The van der Waals surface area contributed by atoms with E-state index in [1.807, 2.05) is 30.3 Å². The molecule has 3 aliphatic heterocycles. The molecule has 2 bridgehead atoms. The molecule has 0 aromatic heterocycles. The highest BCUT2D eigenvalue weighted by Gasteiger charge is 2.72. The fraction of sp³-hybridized carbons (Fsp3) is 0.667. The second-order valence-corrected chi connectivity index (χ2v) is 8.85. The van der Waals surface area contributed by atoms with Crippen LogP contribution in [0.5, 0.6) is 0 Å². The van der Waals surface area contributed by atoms with Crippen LogP contribution in [0.3, 0.4) is 0 Å². The molecule has 5 rings (SSSR count). The molecule has 1 aromatic carbocycles. The lowest BCUT2D eigenvalue weighted by molar-refractivity contribution is -0.957. The lowest BCUT2D eigenvalue weighted by atomic mass is 9.94. The van der Waals surface area contributed by atoms with Crippen molar-refractivity contribution in [3.05, 3.63) is 35.9 Å². The normalized spacial score (nSPS) is 41.4. The summed E-state index contributed by atoms with van der Waals surface area (Å²) in [4.78, 5) is 12.7. The number of hydrogen-bond donors (Lipinski definition) is 1. The van der Waals surface area contributed by atoms with Crippen LogP contribution in [0.2, 0.25) is 0 Å². The maximum absolute atomic E-state index is 12.7. The van der Waals surface area contributed by atoms with E-state index in [2.05, 4.69) is 7.05 Å². The van der Waals surface area contributed by atoms with Gasteiger partial charge in [0, 0.05) is 18.8 Å². The molecule has 5 heteroatoms. The summed E-state index contributed by atoms with van der Waals surface area (Å²) in [6, 6.07) is 10.4. The number of hydrogen-bond acceptors (Lipinski definition) is 4. The Morgan fingerprint density at radius 1 is 1.23 bits per heavy atom. The number of epoxide rings is 1. The van der Waals surface area contributed by atoms with Gasteiger partial charge in [0.25, 0.3) is 0 Å². The van der Waals surface area contributed by atoms with Gasteiger partial charge < -0.3 is 19.1 Å². The van der Waals surface area contributed by atoms with Gasteiger partial charge in [-0.15, -0.1) is 0 Å². The first-order valence-electron chi connectivity index (χ1n) is 9.97. The Morgan fingerprint density at radius 2 is 1.88 bits per heavy atom. The summed E-state index contributed by atoms with van der Waals surface area (Å²) in [5, 5.41) is 9.71. The zero-order valence-corrected chi connectivity index (χ0v) is 15.3. The van der Waals surface area contributed by atoms with Crippen LogP contribution < -0.4 is 0 Å². The van der Waals surface area contributed by atoms with Crippen molar-refractivity contribution in [3.8, 4) is 0 Å². The molecule has 26 heavy (non-hydrogen) atoms. The Morgan fingerprint density at radius 3 is 2.46 bits per heavy atom. The van der Waals surface area contributed by atoms with E-state index in [1.165, 1.54) is 19.4 Å². The molecule has 1 N–H and O–H groups in total. The highest BCUT2D eigenvalue weighted by Crippen LogP contribution is 2.54. The predicted octanol–water partition coefficient (Wildman–Crippen LogP) is 1.84. The molecule has 4 aliphatic rings. The van der Waals surface area contributed by atoms with Crippen molar-refractivity contribution in [1.82, 2.24) is 0 Å². The minimum Gasteiger partial charge on any atom is -0.461 e. The lowest BCUT2D eigenvalue weighted by Crippen LogP contribution is -2.63. The average molecular weight is 358 g/mol. The van der Waals surface area contributed by atoms with Crippen molar-refractivity contribution < 1.29 is 23.9 Å². The van der Waals surface area contributed by atoms with E-state index in [1.54, 1.807) is 0 Å². The number of benzene rings is 1. The van der Waals surface area contributed by atoms with Crippen molar-refractivity contribution >= 4 is 5.97 Å². The molecular weight excluding hydrogens is 330 g/mol. The first-order chi connectivity index (χ1) is 12.6. The number of nitrogens with zero attached hydrogens (tertiary/aromatic N) is 1. The summed E-state index contributed by atoms with van der Waals surface area (Å²) in [5.41, 5.74) is 0.819. The molecule has 1 saturated carbocycles. The first-order valence-corrected chi connectivity index (χ1v) is 9.97. The highest BCUT2D eigenvalue weighted by atomic mass is 16.6. The molecule has 7 atom stereocenters. The summed E-state index contributed by atoms with van der Waals surface area (Å²) in [7, 11) is 2.39. The van der Waals surface area contributed by atoms with Crippen molar-refractivity contribution in [2.75, 3.05) is 20.2 Å². The van der Waals surface area contributed by atoms with Crippen LogP contribution in [-0.2, 0) is 14.3 Å². The molecule has 1 aliphatic carbocycles. The third-order valence-electron chi connectivity index (χ3n) is 7.14. The van der Waals surface area contributed by atoms with Crippen molar-refractivity contribution in [2.45, 2.75) is 62.0 Å². The minimum atomic E-state index is -0.589. The van der Waals surface area contributed by atoms with E-state index in [-0.39, 0.29) is 18.7 Å². The number of carbonyl (C=O) groups is 1. The zero-order valence-electron chi connectivity index (χ0n) is 15.3. The standard InChI is InChI=1S/C21H28NO4/c1-22(11-13-7-8-13)17-9-15(10-18(22)20-19(17)26-20)25-21(24)16(12-23)14-5-3-2-4-6-14/h2-6,13,15-20,23H,7-12H2,1H3/q+1/t15?,16-,17-,18+,19-,20+,22?/m0/s1. The summed E-state index contributed by atoms with van der Waals surface area (Å²) in [5.74, 6) is 0.00309. The Kier molecular flexibility index (Phi) is 3.89. The predicted molar refractivity (Wildman–Crippen MR) is 95.4 cm³/mol. The number of likely N-dealkylation sites (N-methyl/N-ethyl adjacent to an activating group) is 1. The Bertz CT molecular complexity index is 671. The van der Waals surface area contributed by atoms with Gasteiger partial charge in [-0.1, -0.05) is 30.3 Å². The van der Waals surface area contributed by atoms with Crippen LogP contribution in [-0.4, -0.2) is 66.2 Å². The van der Waals surface area contributed by atoms with Crippen LogP contribution in [0.25, 0.3) is 0 Å². The van der Waals surface area contributed by atoms with Crippen LogP contribution in [0, 0.1) is 5.92 Å². The average Bonchev–Trinajstić information content (AvgIpc) is 3.51. The van der Waals surface area contributed by atoms with Crippen LogP contribution >= 0.6 is 0 Å². The summed E-state index contributed by atoms with van der Waals surface area (Å²) in [6.45, 7) is 1.04. The Balaban J connectivity index is 1.27. The van der Waals surface area contributed by atoms with E-state index in [4.69, 9.17) is 9.47 Å². The van der Waals surface area contributed by atoms with Crippen LogP contribution in [0.1, 0.15) is 37.2 Å². The number of morpholine rings is 1. The highest BCUT2D eigenvalue weighted by molar-refractivity contribution is 5.78. The molecule has 3 heterocycles. The third kappa shape index (κ3) is 2.68. The lowest BCUT2D eigenvalue weighted by Gasteiger charge is -2.48. The second-order valence-electron chi connectivity index (χ2n) is 8.85. The molecule has 2 unspecified atom stereocenters. The number of aliphatic hydroxyl groups is 1. The van der Waals surface area contributed by atoms with Crippen molar-refractivity contribution in [2.24, 2.45) is 5.92 Å². The SMILES string of the molecule is C[N+]1(CC2CC2)[C@@H]2CC(OC(=O)[C@@H](CO)c3ccccc3)C[C@H]1[C@@H]1O[C@@H]12. The zero-order chi connectivity index (χ0) is 17.9. The van der Waals surface area contributed by atoms with E-state index in [0.29, 0.717) is 24.3 Å². The van der Waals surface area contributed by atoms with Gasteiger partial charge in [0.2, 0.25) is 0 Å². The topological polar surface area (TPSA) is 59.1 Å². The van der Waals surface area contributed by atoms with Gasteiger partial charge in [0.05, 0.1) is 20.2 Å². The molecule has 0 spiro atoms. The van der Waals surface area contributed by atoms with Gasteiger partial charge in [-0.05, 0) is 18.4 Å². The van der Waals surface area contributed by atoms with Gasteiger partial charge in [-0.25, -0.2) is 0 Å². The Labute approximate surface area is 154 Å². The molecule has 4 fully saturated rings. The molecule has 140 valence electrons. The number of aliphatic hydroxyl groups excluding tert-OH is 1. The summed E-state index contributed by atoms with van der Waals surface area (Å²) < 4.78 is 12.9. The minimum absolute atomic E-state index is 0.0444. The molecule has 0 radical (unpaired) electrons. The van der Waals surface area contributed by atoms with Gasteiger partial charge >= 0.3 is 5.97 Å². The number of fused-ring (bicyclic) bond motifs is 5. The quantitative estimate of drug-likeness (QED) is 0.479. The number of esters is 1. The maximum atomic E-state index is 12.7. The van der Waals surface area contributed by atoms with Gasteiger partial charge in [0.1, 0.15) is 36.3 Å². The molecule has 1 aromatic rings. The number of piperidine rings is 1. The number of quaternary nitrogens is 1. The van der Waals surface area contributed by atoms with Crippen molar-refractivity contribution in [3.63, 3.8) is 0 Å². The summed E-state index contributed by atoms with van der Waals surface area (Å²) in [6.07, 6.45) is 5.22. The first kappa shape index (κ1) is 16.7. The molecule has 0 amide bonds. The summed E-state index contributed by atoms with van der Waals surface area (Å²) >= 11 is 0. The number of ether oxygens (including phenoxy) is 2. The third-order valence-corrected chi connectivity index (χ3v) is 7.14. The van der Waals surface area contributed by atoms with Crippen LogP contribution in [0.4, 0.5) is 0 Å². The second kappa shape index (κ2) is 6.04. The fourth-order valence-electron chi connectivity index (χ4n) is 5.53. The molecule has 5 nitrogen and oxygen atoms in total. The van der Waals surface area contributed by atoms with E-state index in [9.17, 15) is 9.90 Å². The van der Waals surface area contributed by atoms with Gasteiger partial charge in [-0.3, -0.25) is 4.79 Å². The van der Waals surface area contributed by atoms with Gasteiger partial charge in [0.15, 0.2) is 0 Å². The number of rotatable bonds is 6. The largest absolute Gasteiger partial charge is 0.461 e. The fourth-order valence-corrected chi connectivity index (χ4v) is 5.53. The maximum Gasteiger partial charge on any atom is 0.316 e. The van der Waals surface area contributed by atoms with E-state index >= 15 is 0 Å². The smallest absolute Gasteiger partial charge is 0.316 e. The van der Waals surface area contributed by atoms with Crippen molar-refractivity contribution in [1.29, 1.82) is 0 Å². The molecular formula is C21H28NO4+. The Hall–Kier alpha value is -1.43. The molecule has 3 saturated heterocycles. The number of carbonyl (C=O) groups excluding carboxylic acids is 1. The van der Waals surface area contributed by atoms with E-state index < -0.39 is 5.92 Å².